The number of carbonyl (C=O) groups is 1. The molecule has 0 atom stereocenters. The van der Waals surface area contributed by atoms with E-state index >= 15 is 0 Å². The Morgan fingerprint density at radius 3 is 2.72 bits per heavy atom. The molecule has 0 unspecified atom stereocenters. The van der Waals surface area contributed by atoms with E-state index in [2.05, 4.69) is 27.5 Å². The Kier molecular flexibility index (Phi) is 7.45. The van der Waals surface area contributed by atoms with Gasteiger partial charge in [-0.2, -0.15) is 0 Å². The summed E-state index contributed by atoms with van der Waals surface area (Å²) in [6, 6.07) is 13.4. The molecule has 0 radical (unpaired) electrons. The summed E-state index contributed by atoms with van der Waals surface area (Å²) in [4.78, 5) is 28.0. The van der Waals surface area contributed by atoms with Crippen molar-refractivity contribution in [2.75, 3.05) is 49.8 Å². The Bertz CT molecular complexity index is 1400. The zero-order valence-electron chi connectivity index (χ0n) is 20.9. The zero-order chi connectivity index (χ0) is 25.7. The average Bonchev–Trinajstić information content (AvgIpc) is 3.24. The summed E-state index contributed by atoms with van der Waals surface area (Å²) >= 11 is 0. The first kappa shape index (κ1) is 24.7. The van der Waals surface area contributed by atoms with Crippen molar-refractivity contribution in [2.24, 2.45) is 7.05 Å². The molecule has 2 aromatic heterocycles. The monoisotopic (exact) mass is 486 g/mol. The number of nitrogens with one attached hydrogen (secondary N) is 3. The van der Waals surface area contributed by atoms with E-state index in [1.54, 1.807) is 19.4 Å². The zero-order valence-corrected chi connectivity index (χ0v) is 20.9. The predicted molar refractivity (Wildman–Crippen MR) is 144 cm³/mol. The molecule has 0 saturated heterocycles. The molecule has 0 aliphatic carbocycles. The maximum atomic E-state index is 12.2. The number of carbonyl (C=O) groups excluding carboxylic acids is 1. The summed E-state index contributed by atoms with van der Waals surface area (Å²) in [6.45, 7) is 5.07. The number of aryl methyl sites for hydroxylation is 1. The number of hydrogen-bond acceptors (Lipinski definition) is 8. The van der Waals surface area contributed by atoms with Gasteiger partial charge in [-0.05, 0) is 37.4 Å². The third-order valence-electron chi connectivity index (χ3n) is 5.79. The van der Waals surface area contributed by atoms with E-state index < -0.39 is 0 Å². The Morgan fingerprint density at radius 2 is 2.00 bits per heavy atom. The van der Waals surface area contributed by atoms with E-state index in [1.807, 2.05) is 67.0 Å². The fourth-order valence-electron chi connectivity index (χ4n) is 3.87. The van der Waals surface area contributed by atoms with Crippen molar-refractivity contribution < 1.29 is 9.53 Å². The number of imidazole rings is 1. The quantitative estimate of drug-likeness (QED) is 0.292. The molecule has 3 N–H and O–H groups in total. The summed E-state index contributed by atoms with van der Waals surface area (Å²) in [5.74, 6) is 1.37. The second kappa shape index (κ2) is 10.9. The van der Waals surface area contributed by atoms with Crippen molar-refractivity contribution in [1.29, 1.82) is 0 Å². The van der Waals surface area contributed by atoms with Gasteiger partial charge in [0.1, 0.15) is 11.4 Å². The topological polar surface area (TPSA) is 109 Å². The molecule has 0 fully saturated rings. The summed E-state index contributed by atoms with van der Waals surface area (Å²) in [5, 5.41) is 9.25. The minimum atomic E-state index is -0.311. The smallest absolute Gasteiger partial charge is 0.247 e. The van der Waals surface area contributed by atoms with Gasteiger partial charge in [-0.3, -0.25) is 4.79 Å². The van der Waals surface area contributed by atoms with Crippen LogP contribution in [0.3, 0.4) is 0 Å². The number of methoxy groups -OCH3 is 1. The van der Waals surface area contributed by atoms with Crippen molar-refractivity contribution in [1.82, 2.24) is 24.8 Å². The van der Waals surface area contributed by atoms with Crippen molar-refractivity contribution in [3.05, 3.63) is 61.3 Å². The molecule has 10 heteroatoms. The van der Waals surface area contributed by atoms with Gasteiger partial charge in [0, 0.05) is 39.4 Å². The summed E-state index contributed by atoms with van der Waals surface area (Å²) < 4.78 is 7.66. The van der Waals surface area contributed by atoms with Gasteiger partial charge < -0.3 is 30.2 Å². The van der Waals surface area contributed by atoms with Gasteiger partial charge in [0.2, 0.25) is 11.9 Å². The second-order valence-electron chi connectivity index (χ2n) is 8.16. The molecule has 2 heterocycles. The van der Waals surface area contributed by atoms with Crippen LogP contribution in [-0.4, -0.2) is 59.7 Å². The van der Waals surface area contributed by atoms with Crippen LogP contribution in [0.5, 0.6) is 5.75 Å². The molecule has 0 saturated carbocycles. The van der Waals surface area contributed by atoms with Crippen LogP contribution in [0.15, 0.2) is 61.3 Å². The molecule has 4 rings (SSSR count). The number of nitrogens with zero attached hydrogens (tertiary/aromatic N) is 5. The maximum Gasteiger partial charge on any atom is 0.247 e. The van der Waals surface area contributed by atoms with E-state index in [1.165, 1.54) is 6.08 Å². The molecule has 2 aromatic carbocycles. The number of hydrogen-bond donors (Lipinski definition) is 3. The highest BCUT2D eigenvalue weighted by Crippen LogP contribution is 2.38. The lowest BCUT2D eigenvalue weighted by atomic mass is 10.2. The first-order chi connectivity index (χ1) is 17.4. The minimum absolute atomic E-state index is 0.311. The van der Waals surface area contributed by atoms with Crippen molar-refractivity contribution >= 4 is 40.0 Å². The summed E-state index contributed by atoms with van der Waals surface area (Å²) in [6.07, 6.45) is 2.91. The molecule has 1 amide bonds. The van der Waals surface area contributed by atoms with Crippen LogP contribution >= 0.6 is 0 Å². The van der Waals surface area contributed by atoms with Gasteiger partial charge in [-0.25, -0.2) is 15.0 Å². The summed E-state index contributed by atoms with van der Waals surface area (Å²) in [7, 11) is 7.40. The maximum absolute atomic E-state index is 12.2. The lowest BCUT2D eigenvalue weighted by Gasteiger charge is -2.24. The van der Waals surface area contributed by atoms with Gasteiger partial charge in [-0.1, -0.05) is 18.7 Å². The minimum Gasteiger partial charge on any atom is -0.494 e. The molecular weight excluding hydrogens is 456 g/mol. The molecule has 0 aliphatic rings. The summed E-state index contributed by atoms with van der Waals surface area (Å²) in [5.41, 5.74) is 4.59. The van der Waals surface area contributed by atoms with E-state index in [0.29, 0.717) is 28.8 Å². The molecule has 10 nitrogen and oxygen atoms in total. The molecule has 0 spiro atoms. The van der Waals surface area contributed by atoms with Crippen LogP contribution in [0.2, 0.25) is 0 Å². The average molecular weight is 487 g/mol. The third kappa shape index (κ3) is 5.13. The van der Waals surface area contributed by atoms with Crippen LogP contribution in [0.25, 0.3) is 22.6 Å². The van der Waals surface area contributed by atoms with Gasteiger partial charge in [-0.15, -0.1) is 0 Å². The lowest BCUT2D eigenvalue weighted by molar-refractivity contribution is -0.111. The first-order valence-electron chi connectivity index (χ1n) is 11.5. The van der Waals surface area contributed by atoms with Gasteiger partial charge >= 0.3 is 0 Å². The molecular formula is C26H30N8O2. The van der Waals surface area contributed by atoms with Crippen LogP contribution in [0.1, 0.15) is 0 Å². The number of likely N-dealkylation sites (N-methyl/N-ethyl adjacent to an activating group) is 2. The van der Waals surface area contributed by atoms with E-state index in [9.17, 15) is 4.79 Å². The Morgan fingerprint density at radius 1 is 1.19 bits per heavy atom. The predicted octanol–water partition coefficient (Wildman–Crippen LogP) is 3.56. The Hall–Kier alpha value is -4.44. The van der Waals surface area contributed by atoms with E-state index in [0.717, 1.165) is 35.6 Å². The highest BCUT2D eigenvalue weighted by Gasteiger charge is 2.17. The molecule has 4 aromatic rings. The normalized spacial score (nSPS) is 10.8. The number of fused-ring (bicyclic) bond motifs is 1. The van der Waals surface area contributed by atoms with Crippen LogP contribution in [0, 0.1) is 0 Å². The Labute approximate surface area is 210 Å². The number of rotatable bonds is 10. The van der Waals surface area contributed by atoms with Gasteiger partial charge in [0.05, 0.1) is 35.2 Å². The van der Waals surface area contributed by atoms with Crippen molar-refractivity contribution in [3.8, 4) is 17.3 Å². The molecule has 36 heavy (non-hydrogen) atoms. The van der Waals surface area contributed by atoms with Gasteiger partial charge in [0.15, 0.2) is 5.82 Å². The van der Waals surface area contributed by atoms with Crippen molar-refractivity contribution in [2.45, 2.75) is 0 Å². The standard InChI is InChI=1S/C26H30N8O2/c1-6-24(35)29-19-15-20(23(36-5)16-22(19)33(3)14-13-27-2)32-26-28-12-11-18(31-26)25-30-17-9-7-8-10-21(17)34(25)4/h6-12,15-16,27H,1,13-14H2,2-5H3,(H,29,35)(H,28,31,32). The van der Waals surface area contributed by atoms with E-state index in [-0.39, 0.29) is 5.91 Å². The number of aromatic nitrogens is 4. The number of benzene rings is 2. The second-order valence-corrected chi connectivity index (χ2v) is 8.16. The number of amides is 1. The van der Waals surface area contributed by atoms with E-state index in [4.69, 9.17) is 14.7 Å². The largest absolute Gasteiger partial charge is 0.494 e. The first-order valence-corrected chi connectivity index (χ1v) is 11.5. The van der Waals surface area contributed by atoms with Gasteiger partial charge in [0.25, 0.3) is 0 Å². The fourth-order valence-corrected chi connectivity index (χ4v) is 3.87. The van der Waals surface area contributed by atoms with Crippen molar-refractivity contribution in [3.63, 3.8) is 0 Å². The molecule has 186 valence electrons. The third-order valence-corrected chi connectivity index (χ3v) is 5.79. The van der Waals surface area contributed by atoms with Crippen LogP contribution < -0.4 is 25.6 Å². The highest BCUT2D eigenvalue weighted by atomic mass is 16.5. The molecule has 0 aliphatic heterocycles. The number of ether oxygens (including phenoxy) is 1. The lowest BCUT2D eigenvalue weighted by Crippen LogP contribution is -2.28. The highest BCUT2D eigenvalue weighted by molar-refractivity contribution is 6.02. The number of para-hydroxylation sites is 2. The van der Waals surface area contributed by atoms with Crippen LogP contribution in [0.4, 0.5) is 23.0 Å². The number of anilines is 4. The fraction of sp³-hybridized carbons (Fsp3) is 0.231. The molecule has 0 bridgehead atoms. The van der Waals surface area contributed by atoms with Crippen LogP contribution in [-0.2, 0) is 11.8 Å². The Balaban J connectivity index is 1.71. The SMILES string of the molecule is C=CC(=O)Nc1cc(Nc2nccc(-c3nc4ccccc4n3C)n2)c(OC)cc1N(C)CCNC.